The number of hydrogen-bond donors (Lipinski definition) is 2. The molecule has 8 nitrogen and oxygen atoms in total. The monoisotopic (exact) mass is 255 g/mol. The maximum atomic E-state index is 11.5. The van der Waals surface area contributed by atoms with Crippen molar-refractivity contribution in [2.75, 3.05) is 19.8 Å². The molecule has 1 aromatic heterocycles. The van der Waals surface area contributed by atoms with Crippen molar-refractivity contribution in [1.82, 2.24) is 15.1 Å². The Morgan fingerprint density at radius 1 is 1.50 bits per heavy atom. The smallest absolute Gasteiger partial charge is 0.329 e. The summed E-state index contributed by atoms with van der Waals surface area (Å²) in [5.41, 5.74) is -0.202. The second-order valence-electron chi connectivity index (χ2n) is 3.38. The molecular formula is C10H13N3O5. The Balaban J connectivity index is 2.39. The fourth-order valence-electron chi connectivity index (χ4n) is 1.11. The third kappa shape index (κ3) is 4.34. The van der Waals surface area contributed by atoms with E-state index < -0.39 is 18.5 Å². The molecule has 1 aromatic rings. The second-order valence-corrected chi connectivity index (χ2v) is 3.38. The van der Waals surface area contributed by atoms with Gasteiger partial charge in [-0.3, -0.25) is 9.59 Å². The van der Waals surface area contributed by atoms with Crippen LogP contribution in [-0.2, 0) is 16.6 Å². The number of carbonyl (C=O) groups excluding carboxylic acids is 1. The van der Waals surface area contributed by atoms with Crippen LogP contribution < -0.4 is 10.9 Å². The van der Waals surface area contributed by atoms with Gasteiger partial charge in [-0.15, -0.1) is 0 Å². The van der Waals surface area contributed by atoms with E-state index >= 15 is 0 Å². The van der Waals surface area contributed by atoms with E-state index in [4.69, 9.17) is 9.84 Å². The molecule has 1 amide bonds. The predicted molar refractivity (Wildman–Crippen MR) is 60.3 cm³/mol. The van der Waals surface area contributed by atoms with Gasteiger partial charge in [-0.1, -0.05) is 0 Å². The van der Waals surface area contributed by atoms with Gasteiger partial charge in [-0.2, -0.15) is 5.10 Å². The van der Waals surface area contributed by atoms with E-state index in [1.165, 1.54) is 19.2 Å². The molecule has 1 rings (SSSR count). The molecule has 18 heavy (non-hydrogen) atoms. The molecule has 0 aromatic carbocycles. The van der Waals surface area contributed by atoms with Gasteiger partial charge in [0.1, 0.15) is 12.3 Å². The normalized spacial score (nSPS) is 10.1. The van der Waals surface area contributed by atoms with Crippen LogP contribution in [0.25, 0.3) is 0 Å². The number of carboxylic acid groups (broad SMARTS) is 1. The van der Waals surface area contributed by atoms with Crippen molar-refractivity contribution in [1.29, 1.82) is 0 Å². The van der Waals surface area contributed by atoms with Gasteiger partial charge in [0.05, 0.1) is 6.61 Å². The average molecular weight is 255 g/mol. The van der Waals surface area contributed by atoms with E-state index in [0.717, 1.165) is 4.68 Å². The summed E-state index contributed by atoms with van der Waals surface area (Å²) in [6.45, 7) is -0.158. The maximum absolute atomic E-state index is 11.5. The number of aromatic nitrogens is 2. The van der Waals surface area contributed by atoms with Crippen LogP contribution >= 0.6 is 0 Å². The zero-order valence-electron chi connectivity index (χ0n) is 9.75. The van der Waals surface area contributed by atoms with Crippen molar-refractivity contribution in [3.05, 3.63) is 28.2 Å². The van der Waals surface area contributed by atoms with Crippen LogP contribution in [0.15, 0.2) is 16.9 Å². The molecule has 0 radical (unpaired) electrons. The Morgan fingerprint density at radius 3 is 2.83 bits per heavy atom. The molecule has 1 heterocycles. The lowest BCUT2D eigenvalue weighted by Crippen LogP contribution is -2.31. The minimum absolute atomic E-state index is 0.0871. The fraction of sp³-hybridized carbons (Fsp3) is 0.400. The number of nitrogens with zero attached hydrogens (tertiary/aromatic N) is 2. The largest absolute Gasteiger partial charge is 0.480 e. The topological polar surface area (TPSA) is 111 Å². The van der Waals surface area contributed by atoms with E-state index in [-0.39, 0.29) is 24.4 Å². The van der Waals surface area contributed by atoms with Crippen molar-refractivity contribution in [3.8, 4) is 0 Å². The highest BCUT2D eigenvalue weighted by atomic mass is 16.5. The second kappa shape index (κ2) is 6.50. The van der Waals surface area contributed by atoms with Crippen molar-refractivity contribution >= 4 is 11.9 Å². The number of carbonyl (C=O) groups is 2. The SMILES string of the molecule is Cn1nc(C(=O)NCCOCC(=O)O)ccc1=O. The molecule has 8 heteroatoms. The molecule has 0 aliphatic rings. The molecule has 98 valence electrons. The number of aryl methyl sites for hydroxylation is 1. The minimum atomic E-state index is -1.07. The lowest BCUT2D eigenvalue weighted by atomic mass is 10.3. The van der Waals surface area contributed by atoms with Crippen LogP contribution in [0.5, 0.6) is 0 Å². The van der Waals surface area contributed by atoms with E-state index in [1.54, 1.807) is 0 Å². The lowest BCUT2D eigenvalue weighted by Gasteiger charge is -2.05. The van der Waals surface area contributed by atoms with Crippen LogP contribution in [0.3, 0.4) is 0 Å². The van der Waals surface area contributed by atoms with Gasteiger partial charge in [0.25, 0.3) is 11.5 Å². The van der Waals surface area contributed by atoms with Gasteiger partial charge >= 0.3 is 5.97 Å². The van der Waals surface area contributed by atoms with Crippen LogP contribution in [0.1, 0.15) is 10.5 Å². The highest BCUT2D eigenvalue weighted by molar-refractivity contribution is 5.91. The molecule has 0 fully saturated rings. The first-order chi connectivity index (χ1) is 8.50. The molecule has 0 unspecified atom stereocenters. The average Bonchev–Trinajstić information content (AvgIpc) is 2.31. The Labute approximate surface area is 102 Å². The summed E-state index contributed by atoms with van der Waals surface area (Å²) in [4.78, 5) is 32.7. The van der Waals surface area contributed by atoms with Crippen molar-refractivity contribution in [2.24, 2.45) is 7.05 Å². The van der Waals surface area contributed by atoms with E-state index in [9.17, 15) is 14.4 Å². The van der Waals surface area contributed by atoms with Crippen LogP contribution in [0, 0.1) is 0 Å². The summed E-state index contributed by atoms with van der Waals surface area (Å²) in [6.07, 6.45) is 0. The Morgan fingerprint density at radius 2 is 2.22 bits per heavy atom. The molecule has 0 spiro atoms. The van der Waals surface area contributed by atoms with Crippen molar-refractivity contribution in [3.63, 3.8) is 0 Å². The molecule has 0 saturated carbocycles. The Bertz CT molecular complexity index is 497. The van der Waals surface area contributed by atoms with Crippen molar-refractivity contribution in [2.45, 2.75) is 0 Å². The number of carboxylic acids is 1. The molecule has 2 N–H and O–H groups in total. The van der Waals surface area contributed by atoms with Gasteiger partial charge in [-0.05, 0) is 6.07 Å². The fourth-order valence-corrected chi connectivity index (χ4v) is 1.11. The third-order valence-electron chi connectivity index (χ3n) is 1.95. The number of rotatable bonds is 6. The van der Waals surface area contributed by atoms with Gasteiger partial charge < -0.3 is 15.2 Å². The van der Waals surface area contributed by atoms with Crippen LogP contribution in [-0.4, -0.2) is 46.5 Å². The van der Waals surface area contributed by atoms with Gasteiger partial charge in [0.2, 0.25) is 0 Å². The molecular weight excluding hydrogens is 242 g/mol. The number of aliphatic carboxylic acids is 1. The summed E-state index contributed by atoms with van der Waals surface area (Å²) in [5, 5.41) is 14.5. The summed E-state index contributed by atoms with van der Waals surface area (Å²) >= 11 is 0. The number of ether oxygens (including phenoxy) is 1. The quantitative estimate of drug-likeness (QED) is 0.605. The van der Waals surface area contributed by atoms with E-state index in [1.807, 2.05) is 0 Å². The zero-order chi connectivity index (χ0) is 13.5. The summed E-state index contributed by atoms with van der Waals surface area (Å²) in [5.74, 6) is -1.52. The molecule has 0 saturated heterocycles. The standard InChI is InChI=1S/C10H13N3O5/c1-13-8(14)3-2-7(12-13)10(17)11-4-5-18-6-9(15)16/h2-3H,4-6H2,1H3,(H,11,17)(H,15,16). The van der Waals surface area contributed by atoms with Gasteiger partial charge in [0.15, 0.2) is 0 Å². The molecule has 0 aliphatic carbocycles. The number of nitrogens with one attached hydrogen (secondary N) is 1. The highest BCUT2D eigenvalue weighted by Crippen LogP contribution is 1.89. The molecule has 0 bridgehead atoms. The van der Waals surface area contributed by atoms with E-state index in [2.05, 4.69) is 10.4 Å². The first-order valence-corrected chi connectivity index (χ1v) is 5.13. The van der Waals surface area contributed by atoms with Crippen molar-refractivity contribution < 1.29 is 19.4 Å². The number of hydrogen-bond acceptors (Lipinski definition) is 5. The summed E-state index contributed by atoms with van der Waals surface area (Å²) in [7, 11) is 1.44. The summed E-state index contributed by atoms with van der Waals surface area (Å²) in [6, 6.07) is 2.55. The van der Waals surface area contributed by atoms with E-state index in [0.29, 0.717) is 0 Å². The Hall–Kier alpha value is -2.22. The van der Waals surface area contributed by atoms with Gasteiger partial charge in [-0.25, -0.2) is 9.48 Å². The van der Waals surface area contributed by atoms with Gasteiger partial charge in [0, 0.05) is 19.7 Å². The Kier molecular flexibility index (Phi) is 5.00. The zero-order valence-corrected chi connectivity index (χ0v) is 9.75. The first kappa shape index (κ1) is 13.8. The highest BCUT2D eigenvalue weighted by Gasteiger charge is 2.07. The molecule has 0 aliphatic heterocycles. The minimum Gasteiger partial charge on any atom is -0.480 e. The van der Waals surface area contributed by atoms with Crippen LogP contribution in [0.2, 0.25) is 0 Å². The number of amides is 1. The maximum Gasteiger partial charge on any atom is 0.329 e. The summed E-state index contributed by atoms with van der Waals surface area (Å²) < 4.78 is 5.79. The lowest BCUT2D eigenvalue weighted by molar-refractivity contribution is -0.142. The molecule has 0 atom stereocenters. The third-order valence-corrected chi connectivity index (χ3v) is 1.95. The predicted octanol–water partition coefficient (Wildman–Crippen LogP) is -1.39. The first-order valence-electron chi connectivity index (χ1n) is 5.13. The van der Waals surface area contributed by atoms with Crippen LogP contribution in [0.4, 0.5) is 0 Å².